The van der Waals surface area contributed by atoms with Crippen LogP contribution < -0.4 is 5.32 Å². The summed E-state index contributed by atoms with van der Waals surface area (Å²) in [6, 6.07) is 7.20. The molecular weight excluding hydrogens is 458 g/mol. The first-order valence-corrected chi connectivity index (χ1v) is 12.0. The molecule has 0 saturated carbocycles. The fourth-order valence-electron chi connectivity index (χ4n) is 2.63. The molecule has 3 heterocycles. The van der Waals surface area contributed by atoms with Crippen LogP contribution in [-0.2, 0) is 19.1 Å². The zero-order valence-electron chi connectivity index (χ0n) is 16.5. The highest BCUT2D eigenvalue weighted by Crippen LogP contribution is 2.38. The predicted molar refractivity (Wildman–Crippen MR) is 121 cm³/mol. The molecule has 162 valence electrons. The smallest absolute Gasteiger partial charge is 0.341 e. The van der Waals surface area contributed by atoms with Crippen LogP contribution in [0.15, 0.2) is 40.4 Å². The van der Waals surface area contributed by atoms with Gasteiger partial charge in [0.05, 0.1) is 17.9 Å². The van der Waals surface area contributed by atoms with Crippen molar-refractivity contribution >= 4 is 62.6 Å². The van der Waals surface area contributed by atoms with Crippen LogP contribution in [0.2, 0.25) is 0 Å². The number of nitrogens with one attached hydrogen (secondary N) is 1. The lowest BCUT2D eigenvalue weighted by Crippen LogP contribution is -2.22. The van der Waals surface area contributed by atoms with E-state index in [1.807, 2.05) is 17.5 Å². The van der Waals surface area contributed by atoms with Gasteiger partial charge in [-0.25, -0.2) is 4.79 Å². The van der Waals surface area contributed by atoms with Gasteiger partial charge < -0.3 is 14.8 Å². The number of ether oxygens (including phenoxy) is 2. The molecule has 10 heteroatoms. The Morgan fingerprint density at radius 2 is 1.74 bits per heavy atom. The van der Waals surface area contributed by atoms with Gasteiger partial charge in [0.15, 0.2) is 12.4 Å². The fraction of sp³-hybridized carbons (Fsp3) is 0.238. The van der Waals surface area contributed by atoms with Crippen molar-refractivity contribution in [1.82, 2.24) is 0 Å². The summed E-state index contributed by atoms with van der Waals surface area (Å²) in [6.45, 7) is 1.39. The van der Waals surface area contributed by atoms with Gasteiger partial charge in [0.25, 0.3) is 5.91 Å². The molecular formula is C21H19NO6S3. The van der Waals surface area contributed by atoms with E-state index in [1.54, 1.807) is 29.8 Å². The fourth-order valence-corrected chi connectivity index (χ4v) is 5.11. The molecule has 3 aromatic heterocycles. The third-order valence-electron chi connectivity index (χ3n) is 4.03. The summed E-state index contributed by atoms with van der Waals surface area (Å²) in [5.74, 6) is -1.90. The Balaban J connectivity index is 1.57. The van der Waals surface area contributed by atoms with Gasteiger partial charge in [0.1, 0.15) is 10.6 Å². The van der Waals surface area contributed by atoms with Gasteiger partial charge >= 0.3 is 11.9 Å². The van der Waals surface area contributed by atoms with E-state index in [1.165, 1.54) is 34.0 Å². The summed E-state index contributed by atoms with van der Waals surface area (Å²) >= 11 is 3.97. The van der Waals surface area contributed by atoms with Crippen LogP contribution in [0.3, 0.4) is 0 Å². The lowest BCUT2D eigenvalue weighted by atomic mass is 10.1. The molecule has 1 N–H and O–H groups in total. The van der Waals surface area contributed by atoms with Crippen LogP contribution in [0.1, 0.15) is 39.8 Å². The van der Waals surface area contributed by atoms with Crippen molar-refractivity contribution in [3.63, 3.8) is 0 Å². The van der Waals surface area contributed by atoms with Crippen LogP contribution >= 0.6 is 34.0 Å². The van der Waals surface area contributed by atoms with Gasteiger partial charge in [0, 0.05) is 22.2 Å². The van der Waals surface area contributed by atoms with E-state index in [0.717, 1.165) is 4.88 Å². The van der Waals surface area contributed by atoms with Gasteiger partial charge in [-0.15, -0.1) is 34.0 Å². The second kappa shape index (κ2) is 11.0. The third kappa shape index (κ3) is 6.09. The Morgan fingerprint density at radius 3 is 2.42 bits per heavy atom. The Kier molecular flexibility index (Phi) is 8.10. The monoisotopic (exact) mass is 477 g/mol. The molecule has 0 spiro atoms. The molecule has 0 aliphatic heterocycles. The zero-order valence-corrected chi connectivity index (χ0v) is 19.0. The molecule has 31 heavy (non-hydrogen) atoms. The molecule has 0 radical (unpaired) electrons. The van der Waals surface area contributed by atoms with E-state index in [-0.39, 0.29) is 30.8 Å². The van der Waals surface area contributed by atoms with E-state index >= 15 is 0 Å². The Labute approximate surface area is 190 Å². The predicted octanol–water partition coefficient (Wildman–Crippen LogP) is 4.86. The van der Waals surface area contributed by atoms with Crippen molar-refractivity contribution in [3.8, 4) is 10.4 Å². The molecule has 0 unspecified atom stereocenters. The summed E-state index contributed by atoms with van der Waals surface area (Å²) in [5.41, 5.74) is 0.952. The van der Waals surface area contributed by atoms with Crippen molar-refractivity contribution in [2.45, 2.75) is 19.8 Å². The van der Waals surface area contributed by atoms with Crippen LogP contribution in [0.5, 0.6) is 0 Å². The van der Waals surface area contributed by atoms with Gasteiger partial charge in [0.2, 0.25) is 0 Å². The molecule has 0 fully saturated rings. The lowest BCUT2D eigenvalue weighted by molar-refractivity contribution is -0.147. The highest BCUT2D eigenvalue weighted by Gasteiger charge is 2.23. The number of Topliss-reactive ketones (excluding diaryl/α,β-unsaturated/α-hetero) is 1. The number of carbonyl (C=O) groups is 4. The maximum atomic E-state index is 12.5. The number of amides is 1. The van der Waals surface area contributed by atoms with Crippen LogP contribution in [0.4, 0.5) is 5.00 Å². The van der Waals surface area contributed by atoms with Crippen LogP contribution in [0, 0.1) is 0 Å². The quantitative estimate of drug-likeness (QED) is 0.331. The number of thiophene rings is 3. The lowest BCUT2D eigenvalue weighted by Gasteiger charge is -2.08. The van der Waals surface area contributed by atoms with Crippen molar-refractivity contribution in [2.75, 3.05) is 18.5 Å². The molecule has 1 amide bonds. The van der Waals surface area contributed by atoms with Crippen molar-refractivity contribution in [3.05, 3.63) is 50.8 Å². The van der Waals surface area contributed by atoms with Crippen molar-refractivity contribution < 1.29 is 28.7 Å². The molecule has 3 rings (SSSR count). The molecule has 0 bridgehead atoms. The molecule has 0 saturated heterocycles. The SMILES string of the molecule is CCOC(=O)c1c(-c2cccs2)csc1NC(=O)COC(=O)CCC(=O)c1cccs1. The highest BCUT2D eigenvalue weighted by molar-refractivity contribution is 7.17. The van der Waals surface area contributed by atoms with Gasteiger partial charge in [-0.2, -0.15) is 0 Å². The van der Waals surface area contributed by atoms with Gasteiger partial charge in [-0.05, 0) is 29.8 Å². The maximum Gasteiger partial charge on any atom is 0.341 e. The summed E-state index contributed by atoms with van der Waals surface area (Å²) in [7, 11) is 0. The minimum absolute atomic E-state index is 0.0169. The Morgan fingerprint density at radius 1 is 0.968 bits per heavy atom. The minimum atomic E-state index is -0.642. The van der Waals surface area contributed by atoms with E-state index in [4.69, 9.17) is 9.47 Å². The maximum absolute atomic E-state index is 12.5. The topological polar surface area (TPSA) is 98.8 Å². The summed E-state index contributed by atoms with van der Waals surface area (Å²) in [4.78, 5) is 50.0. The zero-order chi connectivity index (χ0) is 22.2. The van der Waals surface area contributed by atoms with E-state index < -0.39 is 24.5 Å². The van der Waals surface area contributed by atoms with E-state index in [0.29, 0.717) is 15.4 Å². The van der Waals surface area contributed by atoms with Crippen molar-refractivity contribution in [1.29, 1.82) is 0 Å². The minimum Gasteiger partial charge on any atom is -0.462 e. The number of anilines is 1. The second-order valence-corrected chi connectivity index (χ2v) is 8.94. The number of carbonyl (C=O) groups excluding carboxylic acids is 4. The number of hydrogen-bond donors (Lipinski definition) is 1. The molecule has 3 aromatic rings. The summed E-state index contributed by atoms with van der Waals surface area (Å²) < 4.78 is 10.1. The molecule has 0 aliphatic carbocycles. The first-order chi connectivity index (χ1) is 15.0. The summed E-state index contributed by atoms with van der Waals surface area (Å²) in [6.07, 6.45) is -0.0946. The van der Waals surface area contributed by atoms with Gasteiger partial charge in [-0.1, -0.05) is 12.1 Å². The molecule has 7 nitrogen and oxygen atoms in total. The van der Waals surface area contributed by atoms with E-state index in [9.17, 15) is 19.2 Å². The van der Waals surface area contributed by atoms with Gasteiger partial charge in [-0.3, -0.25) is 14.4 Å². The number of rotatable bonds is 10. The first kappa shape index (κ1) is 22.9. The van der Waals surface area contributed by atoms with Crippen LogP contribution in [0.25, 0.3) is 10.4 Å². The number of esters is 2. The molecule has 0 atom stereocenters. The average molecular weight is 478 g/mol. The number of hydrogen-bond acceptors (Lipinski definition) is 9. The highest BCUT2D eigenvalue weighted by atomic mass is 32.1. The molecule has 0 aromatic carbocycles. The van der Waals surface area contributed by atoms with Crippen LogP contribution in [-0.4, -0.2) is 36.8 Å². The standard InChI is InChI=1S/C21H19NO6S3/c1-2-27-21(26)19-13(15-5-3-9-29-15)12-31-20(19)22-17(24)11-28-18(25)8-7-14(23)16-6-4-10-30-16/h3-6,9-10,12H,2,7-8,11H2,1H3,(H,22,24). The van der Waals surface area contributed by atoms with E-state index in [2.05, 4.69) is 5.32 Å². The Hall–Kier alpha value is -2.82. The van der Waals surface area contributed by atoms with Crippen molar-refractivity contribution in [2.24, 2.45) is 0 Å². The first-order valence-electron chi connectivity index (χ1n) is 9.34. The molecule has 0 aliphatic rings. The average Bonchev–Trinajstić information content (AvgIpc) is 3.52. The Bertz CT molecular complexity index is 1050. The number of ketones is 1. The second-order valence-electron chi connectivity index (χ2n) is 6.16. The third-order valence-corrected chi connectivity index (χ3v) is 6.74. The summed E-state index contributed by atoms with van der Waals surface area (Å²) in [5, 5.41) is 8.40. The normalized spacial score (nSPS) is 10.5. The largest absolute Gasteiger partial charge is 0.462 e.